The van der Waals surface area contributed by atoms with Gasteiger partial charge in [0.2, 0.25) is 0 Å². The molecule has 0 aromatic rings. The standard InChI is InChI=1S/C8H17PS/c1-5-8(6-2)7-9(3,4)10/h7H,5-6H2,1-4H3. The van der Waals surface area contributed by atoms with Gasteiger partial charge in [-0.25, -0.2) is 0 Å². The van der Waals surface area contributed by atoms with Crippen molar-refractivity contribution in [3.05, 3.63) is 11.4 Å². The maximum Gasteiger partial charge on any atom is -0.0295 e. The van der Waals surface area contributed by atoms with E-state index in [0.29, 0.717) is 0 Å². The Morgan fingerprint density at radius 2 is 1.70 bits per heavy atom. The number of rotatable bonds is 3. The Morgan fingerprint density at radius 1 is 1.30 bits per heavy atom. The molecule has 0 rings (SSSR count). The zero-order valence-corrected chi connectivity index (χ0v) is 9.06. The summed E-state index contributed by atoms with van der Waals surface area (Å²) in [5.74, 6) is 2.31. The molecule has 0 heterocycles. The molecule has 0 aliphatic rings. The first kappa shape index (κ1) is 10.4. The second-order valence-corrected chi connectivity index (χ2v) is 8.88. The SMILES string of the molecule is CCC(=CP(C)(C)=S)CC. The Kier molecular flexibility index (Phi) is 4.47. The summed E-state index contributed by atoms with van der Waals surface area (Å²) in [6.07, 6.45) is 2.33. The Labute approximate surface area is 69.7 Å². The van der Waals surface area contributed by atoms with Crippen LogP contribution in [-0.2, 0) is 11.8 Å². The van der Waals surface area contributed by atoms with Gasteiger partial charge in [0.1, 0.15) is 0 Å². The van der Waals surface area contributed by atoms with Crippen LogP contribution in [0, 0.1) is 0 Å². The minimum absolute atomic E-state index is 1.08. The summed E-state index contributed by atoms with van der Waals surface area (Å²) in [7, 11) is 0. The Balaban J connectivity index is 4.26. The molecule has 0 aromatic carbocycles. The van der Waals surface area contributed by atoms with Gasteiger partial charge in [0.15, 0.2) is 0 Å². The van der Waals surface area contributed by atoms with Gasteiger partial charge in [0.25, 0.3) is 0 Å². The van der Waals surface area contributed by atoms with Gasteiger partial charge in [0, 0.05) is 0 Å². The molecule has 0 spiro atoms. The molecule has 0 atom stereocenters. The van der Waals surface area contributed by atoms with Crippen molar-refractivity contribution in [1.82, 2.24) is 0 Å². The summed E-state index contributed by atoms with van der Waals surface area (Å²) in [6, 6.07) is -1.08. The van der Waals surface area contributed by atoms with Crippen molar-refractivity contribution in [3.63, 3.8) is 0 Å². The predicted octanol–water partition coefficient (Wildman–Crippen LogP) is 3.43. The number of allylic oxidation sites excluding steroid dienone is 1. The average molecular weight is 176 g/mol. The lowest BCUT2D eigenvalue weighted by Crippen LogP contribution is -1.77. The van der Waals surface area contributed by atoms with Crippen LogP contribution in [0.15, 0.2) is 11.4 Å². The van der Waals surface area contributed by atoms with Gasteiger partial charge in [0.05, 0.1) is 0 Å². The summed E-state index contributed by atoms with van der Waals surface area (Å²) in [5.41, 5.74) is 1.52. The van der Waals surface area contributed by atoms with Crippen LogP contribution in [0.25, 0.3) is 0 Å². The maximum absolute atomic E-state index is 5.33. The average Bonchev–Trinajstić information content (AvgIpc) is 1.81. The van der Waals surface area contributed by atoms with E-state index in [1.807, 2.05) is 0 Å². The highest BCUT2D eigenvalue weighted by Crippen LogP contribution is 2.40. The maximum atomic E-state index is 5.33. The van der Waals surface area contributed by atoms with E-state index in [1.54, 1.807) is 0 Å². The van der Waals surface area contributed by atoms with Crippen LogP contribution in [0.5, 0.6) is 0 Å². The van der Waals surface area contributed by atoms with Gasteiger partial charge in [-0.3, -0.25) is 0 Å². The normalized spacial score (nSPS) is 11.2. The number of hydrogen-bond acceptors (Lipinski definition) is 1. The molecule has 0 saturated heterocycles. The van der Waals surface area contributed by atoms with Gasteiger partial charge in [-0.15, -0.1) is 0 Å². The monoisotopic (exact) mass is 176 g/mol. The van der Waals surface area contributed by atoms with E-state index in [-0.39, 0.29) is 0 Å². The molecule has 0 saturated carbocycles. The van der Waals surface area contributed by atoms with Crippen LogP contribution in [0.1, 0.15) is 26.7 Å². The lowest BCUT2D eigenvalue weighted by molar-refractivity contribution is 0.983. The first-order valence-corrected chi connectivity index (χ1v) is 7.51. The third-order valence-electron chi connectivity index (χ3n) is 1.40. The Hall–Kier alpha value is 0.390. The quantitative estimate of drug-likeness (QED) is 0.594. The molecule has 0 nitrogen and oxygen atoms in total. The molecule has 0 N–H and O–H groups in total. The van der Waals surface area contributed by atoms with E-state index in [4.69, 9.17) is 11.8 Å². The topological polar surface area (TPSA) is 0 Å². The van der Waals surface area contributed by atoms with Gasteiger partial charge >= 0.3 is 0 Å². The van der Waals surface area contributed by atoms with Crippen molar-refractivity contribution < 1.29 is 0 Å². The second kappa shape index (κ2) is 4.31. The summed E-state index contributed by atoms with van der Waals surface area (Å²) >= 11 is 5.33. The van der Waals surface area contributed by atoms with Gasteiger partial charge in [-0.05, 0) is 32.2 Å². The molecule has 60 valence electrons. The van der Waals surface area contributed by atoms with E-state index < -0.39 is 6.04 Å². The van der Waals surface area contributed by atoms with Crippen LogP contribution >= 0.6 is 6.04 Å². The van der Waals surface area contributed by atoms with Crippen molar-refractivity contribution in [2.45, 2.75) is 26.7 Å². The summed E-state index contributed by atoms with van der Waals surface area (Å²) in [4.78, 5) is 0. The van der Waals surface area contributed by atoms with Gasteiger partial charge in [-0.2, -0.15) is 0 Å². The van der Waals surface area contributed by atoms with Crippen molar-refractivity contribution >= 4 is 17.8 Å². The highest BCUT2D eigenvalue weighted by molar-refractivity contribution is 8.15. The summed E-state index contributed by atoms with van der Waals surface area (Å²) in [6.45, 7) is 8.74. The van der Waals surface area contributed by atoms with Gasteiger partial charge in [-0.1, -0.05) is 37.0 Å². The number of hydrogen-bond donors (Lipinski definition) is 0. The Morgan fingerprint density at radius 3 is 1.80 bits per heavy atom. The van der Waals surface area contributed by atoms with Crippen molar-refractivity contribution in [2.24, 2.45) is 0 Å². The molecule has 0 fully saturated rings. The van der Waals surface area contributed by atoms with Crippen LogP contribution in [0.3, 0.4) is 0 Å². The highest BCUT2D eigenvalue weighted by atomic mass is 32.4. The van der Waals surface area contributed by atoms with Crippen LogP contribution in [0.4, 0.5) is 0 Å². The van der Waals surface area contributed by atoms with Gasteiger partial charge < -0.3 is 0 Å². The van der Waals surface area contributed by atoms with E-state index in [2.05, 4.69) is 33.0 Å². The van der Waals surface area contributed by atoms with Crippen molar-refractivity contribution in [1.29, 1.82) is 0 Å². The molecule has 0 bridgehead atoms. The lowest BCUT2D eigenvalue weighted by Gasteiger charge is -2.06. The minimum atomic E-state index is -1.08. The third-order valence-corrected chi connectivity index (χ3v) is 2.70. The molecule has 0 aliphatic heterocycles. The zero-order valence-electron chi connectivity index (χ0n) is 7.35. The molecule has 10 heavy (non-hydrogen) atoms. The van der Waals surface area contributed by atoms with Crippen LogP contribution in [-0.4, -0.2) is 13.3 Å². The summed E-state index contributed by atoms with van der Waals surface area (Å²) < 4.78 is 0. The molecule has 0 aromatic heterocycles. The molecule has 2 heteroatoms. The minimum Gasteiger partial charge on any atom is -0.0937 e. The molecular weight excluding hydrogens is 159 g/mol. The first-order chi connectivity index (χ1) is 4.49. The molecule has 0 radical (unpaired) electrons. The van der Waals surface area contributed by atoms with Crippen molar-refractivity contribution in [3.8, 4) is 0 Å². The smallest absolute Gasteiger partial charge is 0.0295 e. The fourth-order valence-electron chi connectivity index (χ4n) is 0.872. The van der Waals surface area contributed by atoms with E-state index in [1.165, 1.54) is 5.57 Å². The lowest BCUT2D eigenvalue weighted by atomic mass is 10.2. The fraction of sp³-hybridized carbons (Fsp3) is 0.750. The molecular formula is C8H17PS. The second-order valence-electron chi connectivity index (χ2n) is 2.93. The van der Waals surface area contributed by atoms with E-state index in [0.717, 1.165) is 12.8 Å². The Bertz CT molecular complexity index is 158. The van der Waals surface area contributed by atoms with E-state index in [9.17, 15) is 0 Å². The van der Waals surface area contributed by atoms with Crippen LogP contribution < -0.4 is 0 Å². The molecule has 0 aliphatic carbocycles. The predicted molar refractivity (Wildman–Crippen MR) is 54.8 cm³/mol. The largest absolute Gasteiger partial charge is 0.0937 e. The van der Waals surface area contributed by atoms with Crippen LogP contribution in [0.2, 0.25) is 0 Å². The van der Waals surface area contributed by atoms with E-state index >= 15 is 0 Å². The van der Waals surface area contributed by atoms with Crippen molar-refractivity contribution in [2.75, 3.05) is 13.3 Å². The third kappa shape index (κ3) is 5.20. The summed E-state index contributed by atoms with van der Waals surface area (Å²) in [5, 5.41) is 0. The molecule has 0 unspecified atom stereocenters. The zero-order chi connectivity index (χ0) is 8.20. The first-order valence-electron chi connectivity index (χ1n) is 3.75. The molecule has 0 amide bonds. The fourth-order valence-corrected chi connectivity index (χ4v) is 2.56. The highest BCUT2D eigenvalue weighted by Gasteiger charge is 1.97.